The summed E-state index contributed by atoms with van der Waals surface area (Å²) in [7, 11) is 0. The number of carbonyl (C=O) groups is 1. The second-order valence-corrected chi connectivity index (χ2v) is 5.95. The predicted molar refractivity (Wildman–Crippen MR) is 86.0 cm³/mol. The Morgan fingerprint density at radius 2 is 2.09 bits per heavy atom. The average Bonchev–Trinajstić information content (AvgIpc) is 2.48. The van der Waals surface area contributed by atoms with Crippen molar-refractivity contribution in [2.75, 3.05) is 19.8 Å². The lowest BCUT2D eigenvalue weighted by atomic mass is 10.1. The molecule has 1 amide bonds. The minimum atomic E-state index is -0.0230. The summed E-state index contributed by atoms with van der Waals surface area (Å²) < 4.78 is 11.0. The van der Waals surface area contributed by atoms with E-state index < -0.39 is 0 Å². The summed E-state index contributed by atoms with van der Waals surface area (Å²) in [5.41, 5.74) is 1.07. The largest absolute Gasteiger partial charge is 0.491 e. The van der Waals surface area contributed by atoms with Crippen LogP contribution < -0.4 is 15.4 Å². The molecule has 1 fully saturated rings. The summed E-state index contributed by atoms with van der Waals surface area (Å²) in [5.74, 6) is 0.888. The Balaban J connectivity index is 1.82. The summed E-state index contributed by atoms with van der Waals surface area (Å²) in [6.07, 6.45) is 0.604. The lowest BCUT2D eigenvalue weighted by molar-refractivity contribution is -0.122. The number of ether oxygens (including phenoxy) is 2. The number of carbonyl (C=O) groups excluding carboxylic acids is 1. The third-order valence-electron chi connectivity index (χ3n) is 3.56. The van der Waals surface area contributed by atoms with E-state index in [1.807, 2.05) is 45.0 Å². The minimum Gasteiger partial charge on any atom is -0.491 e. The molecule has 2 rings (SSSR count). The number of hydrogen-bond acceptors (Lipinski definition) is 4. The van der Waals surface area contributed by atoms with Gasteiger partial charge in [0.2, 0.25) is 5.91 Å². The van der Waals surface area contributed by atoms with Crippen LogP contribution in [0.4, 0.5) is 0 Å². The van der Waals surface area contributed by atoms with E-state index >= 15 is 0 Å². The number of hydrogen-bond donors (Lipinski definition) is 2. The first-order valence-corrected chi connectivity index (χ1v) is 7.91. The fourth-order valence-corrected chi connectivity index (χ4v) is 2.47. The Bertz CT molecular complexity index is 467. The summed E-state index contributed by atoms with van der Waals surface area (Å²) in [4.78, 5) is 12.1. The van der Waals surface area contributed by atoms with E-state index in [1.165, 1.54) is 0 Å². The van der Waals surface area contributed by atoms with Gasteiger partial charge in [-0.1, -0.05) is 12.1 Å². The number of rotatable bonds is 6. The van der Waals surface area contributed by atoms with Gasteiger partial charge in [-0.05, 0) is 38.5 Å². The molecule has 1 saturated heterocycles. The Morgan fingerprint density at radius 1 is 1.36 bits per heavy atom. The molecule has 1 aromatic carbocycles. The molecule has 2 unspecified atom stereocenters. The van der Waals surface area contributed by atoms with Crippen molar-refractivity contribution in [1.29, 1.82) is 0 Å². The van der Waals surface area contributed by atoms with Crippen LogP contribution in [0.3, 0.4) is 0 Å². The maximum atomic E-state index is 12.1. The zero-order valence-corrected chi connectivity index (χ0v) is 13.6. The van der Waals surface area contributed by atoms with Crippen LogP contribution in [0.2, 0.25) is 0 Å². The molecule has 22 heavy (non-hydrogen) atoms. The van der Waals surface area contributed by atoms with Crippen LogP contribution in [-0.2, 0) is 9.53 Å². The maximum Gasteiger partial charge on any atom is 0.222 e. The van der Waals surface area contributed by atoms with Gasteiger partial charge >= 0.3 is 0 Å². The summed E-state index contributed by atoms with van der Waals surface area (Å²) in [6.45, 7) is 8.12. The van der Waals surface area contributed by atoms with Crippen molar-refractivity contribution in [3.05, 3.63) is 29.8 Å². The zero-order chi connectivity index (χ0) is 15.9. The molecule has 0 saturated carbocycles. The molecule has 2 atom stereocenters. The van der Waals surface area contributed by atoms with Gasteiger partial charge in [0.1, 0.15) is 5.75 Å². The highest BCUT2D eigenvalue weighted by molar-refractivity contribution is 5.77. The topological polar surface area (TPSA) is 59.6 Å². The second-order valence-electron chi connectivity index (χ2n) is 5.95. The molecule has 1 aliphatic heterocycles. The summed E-state index contributed by atoms with van der Waals surface area (Å²) in [6, 6.07) is 7.95. The second kappa shape index (κ2) is 8.15. The Kier molecular flexibility index (Phi) is 6.21. The molecule has 1 aliphatic rings. The molecule has 0 aliphatic carbocycles. The molecular weight excluding hydrogens is 280 g/mol. The quantitative estimate of drug-likeness (QED) is 0.844. The molecule has 1 aromatic rings. The van der Waals surface area contributed by atoms with E-state index in [0.29, 0.717) is 13.0 Å². The van der Waals surface area contributed by atoms with Crippen LogP contribution in [0, 0.1) is 0 Å². The van der Waals surface area contributed by atoms with Crippen molar-refractivity contribution in [3.63, 3.8) is 0 Å². The first-order valence-electron chi connectivity index (χ1n) is 7.91. The van der Waals surface area contributed by atoms with Gasteiger partial charge in [-0.2, -0.15) is 0 Å². The maximum absolute atomic E-state index is 12.1. The number of morpholine rings is 1. The molecule has 0 spiro atoms. The van der Waals surface area contributed by atoms with Crippen molar-refractivity contribution in [1.82, 2.24) is 10.6 Å². The molecule has 122 valence electrons. The van der Waals surface area contributed by atoms with E-state index in [-0.39, 0.29) is 24.1 Å². The third kappa shape index (κ3) is 5.31. The first kappa shape index (κ1) is 16.8. The molecule has 0 aromatic heterocycles. The average molecular weight is 306 g/mol. The van der Waals surface area contributed by atoms with Gasteiger partial charge < -0.3 is 20.1 Å². The Labute approximate surface area is 132 Å². The van der Waals surface area contributed by atoms with Crippen LogP contribution in [-0.4, -0.2) is 37.8 Å². The molecule has 0 bridgehead atoms. The lowest BCUT2D eigenvalue weighted by Gasteiger charge is -2.24. The van der Waals surface area contributed by atoms with Crippen molar-refractivity contribution >= 4 is 5.91 Å². The van der Waals surface area contributed by atoms with Crippen LogP contribution >= 0.6 is 0 Å². The lowest BCUT2D eigenvalue weighted by Crippen LogP contribution is -2.44. The number of amides is 1. The highest BCUT2D eigenvalue weighted by atomic mass is 16.5. The summed E-state index contributed by atoms with van der Waals surface area (Å²) >= 11 is 0. The van der Waals surface area contributed by atoms with E-state index in [0.717, 1.165) is 24.5 Å². The van der Waals surface area contributed by atoms with Crippen molar-refractivity contribution < 1.29 is 14.3 Å². The van der Waals surface area contributed by atoms with Gasteiger partial charge in [0.15, 0.2) is 0 Å². The number of nitrogens with one attached hydrogen (secondary N) is 2. The Hall–Kier alpha value is -1.59. The fraction of sp³-hybridized carbons (Fsp3) is 0.588. The third-order valence-corrected chi connectivity index (χ3v) is 3.56. The van der Waals surface area contributed by atoms with Crippen molar-refractivity contribution in [2.24, 2.45) is 0 Å². The molecule has 2 N–H and O–H groups in total. The zero-order valence-electron chi connectivity index (χ0n) is 13.6. The minimum absolute atomic E-state index is 0.0230. The predicted octanol–water partition coefficient (Wildman–Crippen LogP) is 2.03. The highest BCUT2D eigenvalue weighted by Gasteiger charge is 2.18. The van der Waals surface area contributed by atoms with Crippen LogP contribution in [0.15, 0.2) is 24.3 Å². The molecular formula is C17H26N2O3. The van der Waals surface area contributed by atoms with Gasteiger partial charge in [-0.25, -0.2) is 0 Å². The van der Waals surface area contributed by atoms with E-state index in [2.05, 4.69) is 10.6 Å². The first-order chi connectivity index (χ1) is 10.5. The molecule has 1 heterocycles. The fourth-order valence-electron chi connectivity index (χ4n) is 2.47. The smallest absolute Gasteiger partial charge is 0.222 e. The summed E-state index contributed by atoms with van der Waals surface area (Å²) in [5, 5.41) is 6.31. The van der Waals surface area contributed by atoms with Crippen molar-refractivity contribution in [3.8, 4) is 5.75 Å². The van der Waals surface area contributed by atoms with E-state index in [9.17, 15) is 4.79 Å². The van der Waals surface area contributed by atoms with E-state index in [4.69, 9.17) is 9.47 Å². The highest BCUT2D eigenvalue weighted by Crippen LogP contribution is 2.18. The normalized spacial score (nSPS) is 19.7. The SMILES string of the molecule is CC(C)Oc1ccc(C(C)NC(=O)CC2COCCN2)cc1. The molecule has 5 nitrogen and oxygen atoms in total. The number of benzene rings is 1. The standard InChI is InChI=1S/C17H26N2O3/c1-12(2)22-16-6-4-14(5-7-16)13(3)19-17(20)10-15-11-21-9-8-18-15/h4-7,12-13,15,18H,8-11H2,1-3H3,(H,19,20). The van der Waals surface area contributed by atoms with Gasteiger partial charge in [0, 0.05) is 19.0 Å². The van der Waals surface area contributed by atoms with Crippen LogP contribution in [0.25, 0.3) is 0 Å². The monoisotopic (exact) mass is 306 g/mol. The van der Waals surface area contributed by atoms with Crippen LogP contribution in [0.1, 0.15) is 38.8 Å². The van der Waals surface area contributed by atoms with Gasteiger partial charge in [-0.15, -0.1) is 0 Å². The van der Waals surface area contributed by atoms with E-state index in [1.54, 1.807) is 0 Å². The Morgan fingerprint density at radius 3 is 2.68 bits per heavy atom. The van der Waals surface area contributed by atoms with Gasteiger partial charge in [0.05, 0.1) is 25.4 Å². The molecule has 0 radical (unpaired) electrons. The van der Waals surface area contributed by atoms with Crippen molar-refractivity contribution in [2.45, 2.75) is 45.4 Å². The van der Waals surface area contributed by atoms with Crippen LogP contribution in [0.5, 0.6) is 5.75 Å². The van der Waals surface area contributed by atoms with Gasteiger partial charge in [-0.3, -0.25) is 4.79 Å². The molecule has 5 heteroatoms. The van der Waals surface area contributed by atoms with Gasteiger partial charge in [0.25, 0.3) is 0 Å².